The van der Waals surface area contributed by atoms with Crippen molar-refractivity contribution in [2.45, 2.75) is 27.2 Å². The molecule has 1 nitrogen and oxygen atoms in total. The predicted octanol–water partition coefficient (Wildman–Crippen LogP) is 5.63. The maximum absolute atomic E-state index is 9.07. The molecule has 1 atom stereocenters. The lowest BCUT2D eigenvalue weighted by Gasteiger charge is -2.38. The van der Waals surface area contributed by atoms with Crippen LogP contribution < -0.4 is 0 Å². The molecule has 0 amide bonds. The minimum absolute atomic E-state index is 0.00731. The fourth-order valence-electron chi connectivity index (χ4n) is 4.26. The minimum Gasteiger partial charge on any atom is -0.192 e. The van der Waals surface area contributed by atoms with Gasteiger partial charge in [0.1, 0.15) is 0 Å². The van der Waals surface area contributed by atoms with Crippen molar-refractivity contribution in [1.29, 1.82) is 5.26 Å². The number of fused-ring (bicyclic) bond motifs is 3. The molecule has 2 aromatic rings. The van der Waals surface area contributed by atoms with Gasteiger partial charge in [-0.3, -0.25) is 0 Å². The van der Waals surface area contributed by atoms with Crippen molar-refractivity contribution < 1.29 is 0 Å². The molecule has 2 aliphatic rings. The number of nitriles is 1. The summed E-state index contributed by atoms with van der Waals surface area (Å²) in [4.78, 5) is 0. The van der Waals surface area contributed by atoms with Gasteiger partial charge in [-0.15, -0.1) is 0 Å². The summed E-state index contributed by atoms with van der Waals surface area (Å²) >= 11 is 0. The van der Waals surface area contributed by atoms with Crippen molar-refractivity contribution in [2.75, 3.05) is 0 Å². The van der Waals surface area contributed by atoms with Crippen molar-refractivity contribution in [3.8, 4) is 6.07 Å². The third-order valence-corrected chi connectivity index (χ3v) is 5.40. The van der Waals surface area contributed by atoms with Gasteiger partial charge in [0.2, 0.25) is 0 Å². The zero-order valence-corrected chi connectivity index (χ0v) is 14.4. The number of hydrogen-bond acceptors (Lipinski definition) is 1. The van der Waals surface area contributed by atoms with Crippen molar-refractivity contribution in [3.63, 3.8) is 0 Å². The van der Waals surface area contributed by atoms with E-state index in [1.807, 2.05) is 12.1 Å². The SMILES string of the molecule is CC1(C)C=C(c2ccc(C#N)cc2)C2(C)Cc3ccccc3C2=C1. The Bertz CT molecular complexity index is 919. The number of benzene rings is 2. The Balaban J connectivity index is 1.90. The van der Waals surface area contributed by atoms with Crippen molar-refractivity contribution in [3.05, 3.63) is 82.9 Å². The fraction of sp³-hybridized carbons (Fsp3) is 0.261. The van der Waals surface area contributed by atoms with Crippen LogP contribution in [-0.4, -0.2) is 0 Å². The van der Waals surface area contributed by atoms with Crippen LogP contribution in [0.5, 0.6) is 0 Å². The van der Waals surface area contributed by atoms with Gasteiger partial charge in [0.15, 0.2) is 0 Å². The van der Waals surface area contributed by atoms with Crippen LogP contribution in [0.25, 0.3) is 11.1 Å². The van der Waals surface area contributed by atoms with Crippen molar-refractivity contribution in [1.82, 2.24) is 0 Å². The van der Waals surface area contributed by atoms with E-state index in [1.165, 1.54) is 27.8 Å². The molecule has 1 unspecified atom stereocenters. The van der Waals surface area contributed by atoms with Crippen molar-refractivity contribution >= 4 is 11.1 Å². The molecule has 1 heteroatoms. The van der Waals surface area contributed by atoms with Gasteiger partial charge in [0.25, 0.3) is 0 Å². The van der Waals surface area contributed by atoms with Gasteiger partial charge < -0.3 is 0 Å². The smallest absolute Gasteiger partial charge is 0.0991 e. The largest absolute Gasteiger partial charge is 0.192 e. The first kappa shape index (κ1) is 15.0. The monoisotopic (exact) mass is 311 g/mol. The molecule has 0 saturated heterocycles. The van der Waals surface area contributed by atoms with Gasteiger partial charge in [-0.2, -0.15) is 5.26 Å². The third-order valence-electron chi connectivity index (χ3n) is 5.40. The Labute approximate surface area is 144 Å². The molecule has 0 fully saturated rings. The standard InChI is InChI=1S/C23H21N/c1-22(2)13-20(17-10-8-16(15-24)9-11-17)23(3)12-18-6-4-5-7-19(18)21(23)14-22/h4-11,13-14H,12H2,1-3H3. The molecule has 0 saturated carbocycles. The first-order chi connectivity index (χ1) is 11.4. The molecular formula is C23H21N. The van der Waals surface area contributed by atoms with E-state index in [2.05, 4.69) is 75.4 Å². The topological polar surface area (TPSA) is 23.8 Å². The van der Waals surface area contributed by atoms with Gasteiger partial charge in [-0.05, 0) is 46.4 Å². The van der Waals surface area contributed by atoms with Crippen LogP contribution in [0.4, 0.5) is 0 Å². The highest BCUT2D eigenvalue weighted by Gasteiger charge is 2.44. The fourth-order valence-corrected chi connectivity index (χ4v) is 4.26. The lowest BCUT2D eigenvalue weighted by atomic mass is 9.65. The first-order valence-electron chi connectivity index (χ1n) is 8.48. The van der Waals surface area contributed by atoms with Crippen LogP contribution in [0.15, 0.2) is 60.7 Å². The van der Waals surface area contributed by atoms with E-state index in [9.17, 15) is 0 Å². The van der Waals surface area contributed by atoms with E-state index in [4.69, 9.17) is 5.26 Å². The van der Waals surface area contributed by atoms with Crippen LogP contribution >= 0.6 is 0 Å². The highest BCUT2D eigenvalue weighted by atomic mass is 14.5. The van der Waals surface area contributed by atoms with E-state index in [0.717, 1.165) is 6.42 Å². The normalized spacial score (nSPS) is 23.6. The number of allylic oxidation sites excluding steroid dienone is 4. The molecule has 0 aromatic heterocycles. The Morgan fingerprint density at radius 3 is 2.25 bits per heavy atom. The molecule has 24 heavy (non-hydrogen) atoms. The highest BCUT2D eigenvalue weighted by Crippen LogP contribution is 2.58. The van der Waals surface area contributed by atoms with E-state index in [1.54, 1.807) is 0 Å². The molecule has 0 heterocycles. The van der Waals surface area contributed by atoms with Crippen LogP contribution in [0.2, 0.25) is 0 Å². The van der Waals surface area contributed by atoms with E-state index < -0.39 is 0 Å². The second-order valence-corrected chi connectivity index (χ2v) is 7.79. The second kappa shape index (κ2) is 4.95. The summed E-state index contributed by atoms with van der Waals surface area (Å²) in [5, 5.41) is 9.07. The minimum atomic E-state index is 0.00731. The highest BCUT2D eigenvalue weighted by molar-refractivity contribution is 5.93. The molecule has 4 rings (SSSR count). The molecule has 0 radical (unpaired) electrons. The molecule has 2 aliphatic carbocycles. The number of rotatable bonds is 1. The molecule has 118 valence electrons. The zero-order valence-electron chi connectivity index (χ0n) is 14.4. The third kappa shape index (κ3) is 2.14. The Hall–Kier alpha value is -2.59. The van der Waals surface area contributed by atoms with Gasteiger partial charge in [0.05, 0.1) is 11.6 Å². The Morgan fingerprint density at radius 1 is 0.875 bits per heavy atom. The Kier molecular flexibility index (Phi) is 3.09. The summed E-state index contributed by atoms with van der Waals surface area (Å²) in [6, 6.07) is 19.0. The summed E-state index contributed by atoms with van der Waals surface area (Å²) in [6.45, 7) is 6.90. The van der Waals surface area contributed by atoms with E-state index in [0.29, 0.717) is 5.56 Å². The van der Waals surface area contributed by atoms with Gasteiger partial charge in [0, 0.05) is 10.8 Å². The van der Waals surface area contributed by atoms with Crippen LogP contribution in [0, 0.1) is 22.2 Å². The molecular weight excluding hydrogens is 290 g/mol. The molecule has 0 aliphatic heterocycles. The van der Waals surface area contributed by atoms with Gasteiger partial charge >= 0.3 is 0 Å². The lowest BCUT2D eigenvalue weighted by molar-refractivity contribution is 0.550. The molecule has 0 bridgehead atoms. The summed E-state index contributed by atoms with van der Waals surface area (Å²) in [5.41, 5.74) is 7.63. The average Bonchev–Trinajstić information content (AvgIpc) is 2.86. The molecule has 0 spiro atoms. The second-order valence-electron chi connectivity index (χ2n) is 7.79. The van der Waals surface area contributed by atoms with Crippen LogP contribution in [0.1, 0.15) is 43.0 Å². The van der Waals surface area contributed by atoms with Crippen molar-refractivity contribution in [2.24, 2.45) is 10.8 Å². The molecule has 2 aromatic carbocycles. The average molecular weight is 311 g/mol. The summed E-state index contributed by atoms with van der Waals surface area (Å²) in [5.74, 6) is 0. The summed E-state index contributed by atoms with van der Waals surface area (Å²) < 4.78 is 0. The maximum atomic E-state index is 9.07. The quantitative estimate of drug-likeness (QED) is 0.670. The van der Waals surface area contributed by atoms with Crippen LogP contribution in [0.3, 0.4) is 0 Å². The maximum Gasteiger partial charge on any atom is 0.0991 e. The molecule has 0 N–H and O–H groups in total. The van der Waals surface area contributed by atoms with Gasteiger partial charge in [-0.25, -0.2) is 0 Å². The lowest BCUT2D eigenvalue weighted by Crippen LogP contribution is -2.25. The summed E-state index contributed by atoms with van der Waals surface area (Å²) in [6.07, 6.45) is 5.88. The first-order valence-corrected chi connectivity index (χ1v) is 8.48. The zero-order chi connectivity index (χ0) is 16.9. The number of hydrogen-bond donors (Lipinski definition) is 0. The predicted molar refractivity (Wildman–Crippen MR) is 99.1 cm³/mol. The van der Waals surface area contributed by atoms with Crippen LogP contribution in [-0.2, 0) is 6.42 Å². The van der Waals surface area contributed by atoms with Gasteiger partial charge in [-0.1, -0.05) is 69.3 Å². The summed E-state index contributed by atoms with van der Waals surface area (Å²) in [7, 11) is 0. The Morgan fingerprint density at radius 2 is 1.54 bits per heavy atom. The van der Waals surface area contributed by atoms with E-state index in [-0.39, 0.29) is 10.8 Å². The number of nitrogens with zero attached hydrogens (tertiary/aromatic N) is 1. The van der Waals surface area contributed by atoms with E-state index >= 15 is 0 Å².